The van der Waals surface area contributed by atoms with Crippen molar-refractivity contribution in [2.45, 2.75) is 145 Å². The van der Waals surface area contributed by atoms with Crippen molar-refractivity contribution in [3.63, 3.8) is 0 Å². The summed E-state index contributed by atoms with van der Waals surface area (Å²) in [6.45, 7) is 12.9. The molecule has 3 aromatic carbocycles. The lowest BCUT2D eigenvalue weighted by molar-refractivity contribution is -0.145. The van der Waals surface area contributed by atoms with E-state index in [9.17, 15) is 63.6 Å². The van der Waals surface area contributed by atoms with Crippen LogP contribution in [0.2, 0.25) is 0 Å². The molecule has 2 bridgehead atoms. The smallest absolute Gasteiger partial charge is 0.328 e. The maximum absolute atomic E-state index is 15.0. The second kappa shape index (κ2) is 42.6. The zero-order valence-electron chi connectivity index (χ0n) is 58.2. The monoisotopic (exact) mass is 1460 g/mol. The molecule has 7 rings (SSSR count). The predicted octanol–water partition coefficient (Wildman–Crippen LogP) is -3.79. The molecule has 31 nitrogen and oxygen atoms in total. The van der Waals surface area contributed by atoms with Gasteiger partial charge in [-0.25, -0.2) is 4.79 Å². The summed E-state index contributed by atoms with van der Waals surface area (Å²) in [6, 6.07) is 9.56. The van der Waals surface area contributed by atoms with Gasteiger partial charge in [0.1, 0.15) is 48.0 Å². The average Bonchev–Trinajstić information content (AvgIpc) is 1.58. The molecule has 0 spiro atoms. The van der Waals surface area contributed by atoms with Gasteiger partial charge in [0.15, 0.2) is 6.04 Å². The summed E-state index contributed by atoms with van der Waals surface area (Å²) >= 11 is 8.57. The van der Waals surface area contributed by atoms with E-state index in [1.807, 2.05) is 0 Å². The van der Waals surface area contributed by atoms with E-state index in [0.717, 1.165) is 46.2 Å². The van der Waals surface area contributed by atoms with Crippen LogP contribution in [0.5, 0.6) is 5.75 Å². The molecular formula is C69H105N17O14S2. The number of nitrogens with two attached hydrogens (primary N) is 1. The number of aromatic nitrogens is 1. The number of amides is 9. The number of carbonyl (C=O) groups excluding carboxylic acids is 9. The molecule has 3 saturated heterocycles. The van der Waals surface area contributed by atoms with Gasteiger partial charge in [0.2, 0.25) is 53.2 Å². The Kier molecular flexibility index (Phi) is 34.7. The number of hydrogen-bond donors (Lipinski definition) is 23. The van der Waals surface area contributed by atoms with Gasteiger partial charge >= 0.3 is 5.97 Å². The lowest BCUT2D eigenvalue weighted by Gasteiger charge is -2.37. The predicted molar refractivity (Wildman–Crippen MR) is 391 cm³/mol. The van der Waals surface area contributed by atoms with Crippen molar-refractivity contribution in [2.24, 2.45) is 11.1 Å². The van der Waals surface area contributed by atoms with Crippen LogP contribution in [0.3, 0.4) is 0 Å². The number of aliphatic hydroxyl groups is 2. The highest BCUT2D eigenvalue weighted by atomic mass is 32.1. The summed E-state index contributed by atoms with van der Waals surface area (Å²) in [5.74, 6) is -9.73. The van der Waals surface area contributed by atoms with Crippen LogP contribution in [0.4, 0.5) is 0 Å². The Morgan fingerprint density at radius 1 is 0.490 bits per heavy atom. The van der Waals surface area contributed by atoms with Crippen LogP contribution < -0.4 is 85.5 Å². The highest BCUT2D eigenvalue weighted by Gasteiger charge is 2.38. The first-order chi connectivity index (χ1) is 48.8. The van der Waals surface area contributed by atoms with Gasteiger partial charge in [-0.1, -0.05) is 67.6 Å². The van der Waals surface area contributed by atoms with Crippen molar-refractivity contribution in [1.29, 1.82) is 0 Å². The maximum Gasteiger partial charge on any atom is 0.328 e. The standard InChI is InChI=1S/C69H105N17O14S2/c1-42(87)58(66(98)83-55(35-102)65(97)85-59(43(2)88)67(99)100)84-60(92)50(16-9-10-23-70)79-63(95)53(32-46-33-77-49-15-8-7-14-48(46)49)81-62(94)52(31-45-19-21-47(89)22-20-45)80-64(96)54(34-101)82-61(93)51(30-44-12-5-4-6-13-44)78-56(90)17-11-18-57(91)86-69-39-74-27-24-71-36-68(3,37-72-25-28-75-40-69)38-73-26-29-76-41-69/h4-8,12-15,19-22,33,42-43,50-55,58-59,71-77,87-89,101-102H,9-11,16-18,23-32,34-41,70H2,1-3H3,(H,78,90)(H,79,95)(H,80,96)(H,81,94)(H,82,93)(H,83,98)(H,84,92)(H,85,97)(H,86,91)(H,99,100)/t42-,43-,50+,51-,52+,53-,54+,55+,58+,59+,68?,69?/m1/s1. The molecule has 3 aliphatic heterocycles. The van der Waals surface area contributed by atoms with Gasteiger partial charge < -0.3 is 111 Å². The van der Waals surface area contributed by atoms with E-state index in [-0.39, 0.29) is 86.5 Å². The first-order valence-corrected chi connectivity index (χ1v) is 36.0. The highest BCUT2D eigenvalue weighted by Crippen LogP contribution is 2.21. The summed E-state index contributed by atoms with van der Waals surface area (Å²) in [6.07, 6.45) is -1.41. The Labute approximate surface area is 605 Å². The van der Waals surface area contributed by atoms with E-state index in [1.54, 1.807) is 60.8 Å². The van der Waals surface area contributed by atoms with E-state index in [1.165, 1.54) is 31.2 Å². The highest BCUT2D eigenvalue weighted by molar-refractivity contribution is 7.80. The average molecular weight is 1460 g/mol. The number of aliphatic carboxylic acids is 1. The van der Waals surface area contributed by atoms with Gasteiger partial charge in [0, 0.05) is 145 Å². The number of phenolic OH excluding ortho intramolecular Hbond substituents is 1. The molecule has 562 valence electrons. The number of aromatic hydroxyl groups is 1. The van der Waals surface area contributed by atoms with Crippen LogP contribution in [-0.2, 0) is 67.2 Å². The number of aliphatic hydroxyl groups excluding tert-OH is 2. The Bertz CT molecular complexity index is 3330. The van der Waals surface area contributed by atoms with Crippen molar-refractivity contribution in [3.05, 3.63) is 102 Å². The van der Waals surface area contributed by atoms with Crippen LogP contribution in [0, 0.1) is 5.41 Å². The van der Waals surface area contributed by atoms with Crippen LogP contribution in [0.1, 0.15) is 76.0 Å². The topological polar surface area (TPSA) is 474 Å². The third-order valence-corrected chi connectivity index (χ3v) is 18.4. The quantitative estimate of drug-likeness (QED) is 0.0155. The molecular weight excluding hydrogens is 1350 g/mol. The molecule has 0 unspecified atom stereocenters. The number of hydrogen-bond acceptors (Lipinski definition) is 22. The number of nitrogens with one attached hydrogen (secondary N) is 16. The molecule has 0 aliphatic carbocycles. The summed E-state index contributed by atoms with van der Waals surface area (Å²) in [4.78, 5) is 143. The minimum atomic E-state index is -1.77. The molecule has 3 fully saturated rings. The number of phenols is 1. The Morgan fingerprint density at radius 2 is 0.922 bits per heavy atom. The summed E-state index contributed by atoms with van der Waals surface area (Å²) in [5, 5.41) is 86.5. The number of carbonyl (C=O) groups is 10. The van der Waals surface area contributed by atoms with E-state index in [0.29, 0.717) is 73.3 Å². The Morgan fingerprint density at radius 3 is 1.45 bits per heavy atom. The lowest BCUT2D eigenvalue weighted by atomic mass is 9.90. The second-order valence-electron chi connectivity index (χ2n) is 26.5. The fourth-order valence-electron chi connectivity index (χ4n) is 11.9. The van der Waals surface area contributed by atoms with E-state index >= 15 is 4.79 Å². The zero-order valence-corrected chi connectivity index (χ0v) is 60.0. The maximum atomic E-state index is 15.0. The number of H-pyrrole nitrogens is 1. The van der Waals surface area contributed by atoms with Crippen LogP contribution in [0.15, 0.2) is 85.1 Å². The van der Waals surface area contributed by atoms with Gasteiger partial charge in [0.05, 0.1) is 17.7 Å². The second-order valence-corrected chi connectivity index (χ2v) is 27.3. The number of para-hydroxylation sites is 1. The molecule has 102 heavy (non-hydrogen) atoms. The van der Waals surface area contributed by atoms with Gasteiger partial charge in [-0.2, -0.15) is 25.3 Å². The zero-order chi connectivity index (χ0) is 74.2. The van der Waals surface area contributed by atoms with Crippen molar-refractivity contribution in [3.8, 4) is 5.75 Å². The Balaban J connectivity index is 1.19. The van der Waals surface area contributed by atoms with Crippen LogP contribution >= 0.6 is 25.3 Å². The number of benzene rings is 3. The number of thiol groups is 2. The third-order valence-electron chi connectivity index (χ3n) is 17.7. The van der Waals surface area contributed by atoms with Crippen molar-refractivity contribution in [2.75, 3.05) is 96.6 Å². The van der Waals surface area contributed by atoms with Crippen molar-refractivity contribution < 1.29 is 68.4 Å². The molecule has 3 aliphatic rings. The number of aromatic amines is 1. The first-order valence-electron chi connectivity index (χ1n) is 34.7. The summed E-state index contributed by atoms with van der Waals surface area (Å²) in [5.41, 5.74) is 7.48. The number of unbranched alkanes of at least 4 members (excludes halogenated alkanes) is 1. The van der Waals surface area contributed by atoms with Crippen LogP contribution in [-0.4, -0.2) is 247 Å². The molecule has 4 aromatic rings. The molecule has 1 aromatic heterocycles. The van der Waals surface area contributed by atoms with Crippen molar-refractivity contribution >= 4 is 95.3 Å². The molecule has 33 heteroatoms. The molecule has 10 atom stereocenters. The van der Waals surface area contributed by atoms with E-state index < -0.39 is 119 Å². The fourth-order valence-corrected chi connectivity index (χ4v) is 12.4. The number of carboxylic acids is 1. The van der Waals surface area contributed by atoms with Gasteiger partial charge in [-0.15, -0.1) is 0 Å². The van der Waals surface area contributed by atoms with Gasteiger partial charge in [-0.3, -0.25) is 43.2 Å². The van der Waals surface area contributed by atoms with Crippen molar-refractivity contribution in [1.82, 2.24) is 84.7 Å². The van der Waals surface area contributed by atoms with Gasteiger partial charge in [0.25, 0.3) is 0 Å². The summed E-state index contributed by atoms with van der Waals surface area (Å²) in [7, 11) is 0. The van der Waals surface area contributed by atoms with E-state index in [2.05, 4.69) is 117 Å². The lowest BCUT2D eigenvalue weighted by Crippen LogP contribution is -2.66. The van der Waals surface area contributed by atoms with E-state index in [4.69, 9.17) is 5.73 Å². The van der Waals surface area contributed by atoms with Crippen LogP contribution in [0.25, 0.3) is 10.9 Å². The minimum absolute atomic E-state index is 0.000588. The number of carboxylic acid groups (broad SMARTS) is 1. The SMILES string of the molecule is C[C@@H](O)[C@H](NC(=O)[C@H](CS)NC(=O)[C@@H](NC(=O)[C@H](CCCCN)NC(=O)[C@@H](Cc1c[nH]c2ccccc12)NC(=O)[C@H](Cc1ccc(O)cc1)NC(=O)[C@H](CS)NC(=O)[C@@H](Cc1ccccc1)NC(=O)CCCC(=O)NC12CNCCNCC(C)(CNCCNC1)CNCCNC2)[C@@H](C)O)C(=O)O. The molecule has 4 heterocycles. The first kappa shape index (κ1) is 83.0. The van der Waals surface area contributed by atoms with Gasteiger partial charge in [-0.05, 0) is 81.0 Å². The largest absolute Gasteiger partial charge is 0.508 e. The number of rotatable bonds is 35. The molecule has 0 saturated carbocycles. The summed E-state index contributed by atoms with van der Waals surface area (Å²) < 4.78 is 0. The Hall–Kier alpha value is -7.96. The minimum Gasteiger partial charge on any atom is -0.508 e. The molecule has 22 N–H and O–H groups in total. The fraction of sp³-hybridized carbons (Fsp3) is 0.565. The third kappa shape index (κ3) is 27.3. The molecule has 9 amide bonds. The molecule has 0 radical (unpaired) electrons. The number of fused-ring (bicyclic) bond motifs is 16. The normalized spacial score (nSPS) is 19.9.